The Labute approximate surface area is 168 Å². The number of para-hydroxylation sites is 1. The molecule has 2 aromatic carbocycles. The maximum absolute atomic E-state index is 12.9. The van der Waals surface area contributed by atoms with Crippen LogP contribution in [-0.4, -0.2) is 38.1 Å². The molecule has 0 bridgehead atoms. The molecule has 2 N–H and O–H groups in total. The third-order valence-corrected chi connectivity index (χ3v) is 5.64. The van der Waals surface area contributed by atoms with Crippen molar-refractivity contribution in [3.8, 4) is 0 Å². The highest BCUT2D eigenvalue weighted by molar-refractivity contribution is 6.34. The van der Waals surface area contributed by atoms with Gasteiger partial charge in [-0.15, -0.1) is 0 Å². The lowest BCUT2D eigenvalue weighted by atomic mass is 9.86. The van der Waals surface area contributed by atoms with E-state index in [1.807, 2.05) is 38.1 Å². The van der Waals surface area contributed by atoms with E-state index >= 15 is 0 Å². The number of rotatable bonds is 3. The molecule has 0 unspecified atom stereocenters. The number of carbonyl (C=O) groups excluding carboxylic acids is 2. The quantitative estimate of drug-likeness (QED) is 0.826. The number of carbonyl (C=O) groups is 2. The highest BCUT2D eigenvalue weighted by Crippen LogP contribution is 2.38. The van der Waals surface area contributed by atoms with Crippen LogP contribution in [0.25, 0.3) is 0 Å². The summed E-state index contributed by atoms with van der Waals surface area (Å²) in [5.41, 5.74) is 2.92. The number of amides is 2. The second-order valence-corrected chi connectivity index (χ2v) is 7.94. The van der Waals surface area contributed by atoms with Crippen LogP contribution < -0.4 is 15.5 Å². The van der Waals surface area contributed by atoms with Crippen LogP contribution in [0.4, 0.5) is 17.1 Å². The summed E-state index contributed by atoms with van der Waals surface area (Å²) in [4.78, 5) is 27.2. The van der Waals surface area contributed by atoms with Gasteiger partial charge in [0, 0.05) is 24.3 Å². The third-order valence-electron chi connectivity index (χ3n) is 5.33. The summed E-state index contributed by atoms with van der Waals surface area (Å²) < 4.78 is 5.41. The molecule has 4 rings (SSSR count). The standard InChI is InChI=1S/C21H22ClN3O3/c1-21(2)14-7-6-13(12-17(14)24-20(21)27)19(26)23-16-5-3-4-15(22)18(16)25-8-10-28-11-9-25/h3-7,12H,8-11H2,1-2H3,(H,23,26)(H,24,27). The second-order valence-electron chi connectivity index (χ2n) is 7.53. The van der Waals surface area contributed by atoms with Crippen LogP contribution in [0.2, 0.25) is 5.02 Å². The first kappa shape index (κ1) is 18.8. The number of halogens is 1. The zero-order valence-electron chi connectivity index (χ0n) is 15.8. The monoisotopic (exact) mass is 399 g/mol. The fourth-order valence-corrected chi connectivity index (χ4v) is 3.95. The number of anilines is 3. The number of hydrogen-bond donors (Lipinski definition) is 2. The smallest absolute Gasteiger partial charge is 0.255 e. The minimum Gasteiger partial charge on any atom is -0.378 e. The van der Waals surface area contributed by atoms with Gasteiger partial charge in [-0.05, 0) is 43.7 Å². The zero-order chi connectivity index (χ0) is 19.9. The van der Waals surface area contributed by atoms with E-state index in [4.69, 9.17) is 16.3 Å². The summed E-state index contributed by atoms with van der Waals surface area (Å²) in [7, 11) is 0. The number of hydrogen-bond acceptors (Lipinski definition) is 4. The molecule has 146 valence electrons. The van der Waals surface area contributed by atoms with Crippen LogP contribution in [0, 0.1) is 0 Å². The van der Waals surface area contributed by atoms with Crippen LogP contribution in [0.3, 0.4) is 0 Å². The largest absolute Gasteiger partial charge is 0.378 e. The molecule has 28 heavy (non-hydrogen) atoms. The van der Waals surface area contributed by atoms with Crippen LogP contribution in [-0.2, 0) is 14.9 Å². The summed E-state index contributed by atoms with van der Waals surface area (Å²) in [6.45, 7) is 6.42. The van der Waals surface area contributed by atoms with Crippen molar-refractivity contribution in [2.24, 2.45) is 0 Å². The lowest BCUT2D eigenvalue weighted by Gasteiger charge is -2.31. The Balaban J connectivity index is 1.61. The van der Waals surface area contributed by atoms with Gasteiger partial charge in [0.1, 0.15) is 0 Å². The number of nitrogens with one attached hydrogen (secondary N) is 2. The molecule has 0 radical (unpaired) electrons. The molecule has 2 aliphatic heterocycles. The molecule has 2 aromatic rings. The van der Waals surface area contributed by atoms with Gasteiger partial charge in [0.2, 0.25) is 5.91 Å². The lowest BCUT2D eigenvalue weighted by Crippen LogP contribution is -2.37. The molecule has 7 heteroatoms. The molecule has 0 saturated carbocycles. The highest BCUT2D eigenvalue weighted by Gasteiger charge is 2.38. The van der Waals surface area contributed by atoms with Crippen LogP contribution in [0.5, 0.6) is 0 Å². The number of benzene rings is 2. The van der Waals surface area contributed by atoms with Gasteiger partial charge < -0.3 is 20.3 Å². The fourth-order valence-electron chi connectivity index (χ4n) is 3.65. The fraction of sp³-hybridized carbons (Fsp3) is 0.333. The summed E-state index contributed by atoms with van der Waals surface area (Å²) in [6, 6.07) is 10.8. The molecule has 0 spiro atoms. The van der Waals surface area contributed by atoms with E-state index in [9.17, 15) is 9.59 Å². The average molecular weight is 400 g/mol. The molecule has 2 heterocycles. The average Bonchev–Trinajstić information content (AvgIpc) is 2.91. The first-order chi connectivity index (χ1) is 13.4. The summed E-state index contributed by atoms with van der Waals surface area (Å²) in [5, 5.41) is 6.41. The van der Waals surface area contributed by atoms with Gasteiger partial charge >= 0.3 is 0 Å². The lowest BCUT2D eigenvalue weighted by molar-refractivity contribution is -0.119. The molecule has 0 aliphatic carbocycles. The van der Waals surface area contributed by atoms with Gasteiger partial charge in [0.15, 0.2) is 0 Å². The number of fused-ring (bicyclic) bond motifs is 1. The molecule has 0 aromatic heterocycles. The van der Waals surface area contributed by atoms with Gasteiger partial charge in [-0.3, -0.25) is 9.59 Å². The first-order valence-electron chi connectivity index (χ1n) is 9.26. The maximum atomic E-state index is 12.9. The van der Waals surface area contributed by atoms with Crippen molar-refractivity contribution in [3.05, 3.63) is 52.5 Å². The number of morpholine rings is 1. The number of ether oxygens (including phenoxy) is 1. The summed E-state index contributed by atoms with van der Waals surface area (Å²) in [5.74, 6) is -0.317. The first-order valence-corrected chi connectivity index (χ1v) is 9.64. The summed E-state index contributed by atoms with van der Waals surface area (Å²) in [6.07, 6.45) is 0. The van der Waals surface area contributed by atoms with Crippen molar-refractivity contribution >= 4 is 40.5 Å². The van der Waals surface area contributed by atoms with Gasteiger partial charge in [0.05, 0.1) is 35.0 Å². The molecule has 1 fully saturated rings. The Bertz CT molecular complexity index is 952. The van der Waals surface area contributed by atoms with E-state index in [-0.39, 0.29) is 11.8 Å². The summed E-state index contributed by atoms with van der Waals surface area (Å²) >= 11 is 6.44. The Morgan fingerprint density at radius 2 is 1.96 bits per heavy atom. The van der Waals surface area contributed by atoms with Crippen LogP contribution in [0.1, 0.15) is 29.8 Å². The van der Waals surface area contributed by atoms with Crippen molar-refractivity contribution in [2.75, 3.05) is 41.8 Å². The van der Waals surface area contributed by atoms with Crippen molar-refractivity contribution in [1.82, 2.24) is 0 Å². The van der Waals surface area contributed by atoms with Crippen LogP contribution in [0.15, 0.2) is 36.4 Å². The van der Waals surface area contributed by atoms with E-state index in [2.05, 4.69) is 15.5 Å². The molecule has 2 amide bonds. The minimum absolute atomic E-state index is 0.0653. The highest BCUT2D eigenvalue weighted by atomic mass is 35.5. The second kappa shape index (κ2) is 7.11. The van der Waals surface area contributed by atoms with Gasteiger partial charge in [-0.2, -0.15) is 0 Å². The maximum Gasteiger partial charge on any atom is 0.255 e. The topological polar surface area (TPSA) is 70.7 Å². The van der Waals surface area contributed by atoms with E-state index < -0.39 is 5.41 Å². The van der Waals surface area contributed by atoms with Crippen molar-refractivity contribution < 1.29 is 14.3 Å². The van der Waals surface area contributed by atoms with Gasteiger partial charge in [-0.1, -0.05) is 23.7 Å². The van der Waals surface area contributed by atoms with E-state index in [0.717, 1.165) is 11.3 Å². The third kappa shape index (κ3) is 3.23. The molecule has 1 saturated heterocycles. The van der Waals surface area contributed by atoms with Crippen molar-refractivity contribution in [1.29, 1.82) is 0 Å². The van der Waals surface area contributed by atoms with Crippen molar-refractivity contribution in [3.63, 3.8) is 0 Å². The molecule has 6 nitrogen and oxygen atoms in total. The minimum atomic E-state index is -0.596. The number of nitrogens with zero attached hydrogens (tertiary/aromatic N) is 1. The Kier molecular flexibility index (Phi) is 4.77. The van der Waals surface area contributed by atoms with E-state index in [0.29, 0.717) is 48.3 Å². The van der Waals surface area contributed by atoms with E-state index in [1.54, 1.807) is 12.1 Å². The molecule has 0 atom stereocenters. The van der Waals surface area contributed by atoms with Crippen molar-refractivity contribution in [2.45, 2.75) is 19.3 Å². The normalized spacial score (nSPS) is 17.8. The molecular formula is C21H22ClN3O3. The van der Waals surface area contributed by atoms with Gasteiger partial charge in [-0.25, -0.2) is 0 Å². The van der Waals surface area contributed by atoms with Crippen LogP contribution >= 0.6 is 11.6 Å². The Morgan fingerprint density at radius 3 is 2.71 bits per heavy atom. The molecule has 2 aliphatic rings. The van der Waals surface area contributed by atoms with Gasteiger partial charge in [0.25, 0.3) is 5.91 Å². The Hall–Kier alpha value is -2.57. The predicted molar refractivity (Wildman–Crippen MR) is 111 cm³/mol. The Morgan fingerprint density at radius 1 is 1.21 bits per heavy atom. The predicted octanol–water partition coefficient (Wildman–Crippen LogP) is 3.66. The van der Waals surface area contributed by atoms with E-state index in [1.165, 1.54) is 0 Å². The molecular weight excluding hydrogens is 378 g/mol. The SMILES string of the molecule is CC1(C)C(=O)Nc2cc(C(=O)Nc3cccc(Cl)c3N3CCOCC3)ccc21. The zero-order valence-corrected chi connectivity index (χ0v) is 16.6.